The molecule has 0 saturated carbocycles. The normalized spacial score (nSPS) is 11.6. The van der Waals surface area contributed by atoms with E-state index in [9.17, 15) is 0 Å². The number of fused-ring (bicyclic) bond motifs is 18. The van der Waals surface area contributed by atoms with Gasteiger partial charge in [-0.3, -0.25) is 0 Å². The van der Waals surface area contributed by atoms with Crippen LogP contribution >= 0.6 is 0 Å². The van der Waals surface area contributed by atoms with E-state index in [4.69, 9.17) is 0 Å². The summed E-state index contributed by atoms with van der Waals surface area (Å²) in [5.41, 5.74) is 38.5. The van der Waals surface area contributed by atoms with Gasteiger partial charge in [0.1, 0.15) is 0 Å². The van der Waals surface area contributed by atoms with Crippen LogP contribution < -0.4 is 0 Å². The van der Waals surface area contributed by atoms with Crippen LogP contribution in [0.4, 0.5) is 0 Å². The highest BCUT2D eigenvalue weighted by molar-refractivity contribution is 6.17. The minimum atomic E-state index is 1.15. The first-order chi connectivity index (χ1) is 68.5. The second-order valence-corrected chi connectivity index (χ2v) is 35.8. The zero-order valence-electron chi connectivity index (χ0n) is 75.5. The summed E-state index contributed by atoms with van der Waals surface area (Å²) in [6.45, 7) is 0. The molecular weight excluding hydrogens is 1670 g/mol. The Morgan fingerprint density at radius 2 is 0.225 bits per heavy atom. The van der Waals surface area contributed by atoms with Crippen LogP contribution in [-0.2, 0) is 0 Å². The third-order valence-corrected chi connectivity index (χ3v) is 28.0. The van der Waals surface area contributed by atoms with E-state index in [1.807, 2.05) is 0 Å². The molecule has 0 unspecified atom stereocenters. The van der Waals surface area contributed by atoms with Gasteiger partial charge in [-0.15, -0.1) is 0 Å². The molecule has 0 atom stereocenters. The van der Waals surface area contributed by atoms with Gasteiger partial charge in [0.25, 0.3) is 0 Å². The summed E-state index contributed by atoms with van der Waals surface area (Å²) in [6.07, 6.45) is 0. The molecule has 28 rings (SSSR count). The van der Waals surface area contributed by atoms with Gasteiger partial charge in [0.15, 0.2) is 0 Å². The van der Waals surface area contributed by atoms with Gasteiger partial charge in [-0.2, -0.15) is 0 Å². The van der Waals surface area contributed by atoms with E-state index < -0.39 is 0 Å². The number of nitrogens with zero attached hydrogens (tertiary/aromatic N) is 6. The molecule has 138 heavy (non-hydrogen) atoms. The highest BCUT2D eigenvalue weighted by atomic mass is 15.0. The van der Waals surface area contributed by atoms with E-state index >= 15 is 0 Å². The molecule has 0 aliphatic heterocycles. The van der Waals surface area contributed by atoms with Gasteiger partial charge < -0.3 is 27.4 Å². The van der Waals surface area contributed by atoms with Gasteiger partial charge >= 0.3 is 0 Å². The minimum absolute atomic E-state index is 1.15. The Balaban J connectivity index is 0.000000107. The van der Waals surface area contributed by atoms with E-state index in [0.29, 0.717) is 0 Å². The number of hydrogen-bond donors (Lipinski definition) is 0. The van der Waals surface area contributed by atoms with Crippen molar-refractivity contribution in [2.75, 3.05) is 0 Å². The van der Waals surface area contributed by atoms with Crippen molar-refractivity contribution in [3.8, 4) is 112 Å². The minimum Gasteiger partial charge on any atom is -0.309 e. The second-order valence-electron chi connectivity index (χ2n) is 35.8. The fourth-order valence-corrected chi connectivity index (χ4v) is 21.5. The number of rotatable bonds is 13. The van der Waals surface area contributed by atoms with Crippen molar-refractivity contribution in [3.63, 3.8) is 0 Å². The Bertz CT molecular complexity index is 9510. The largest absolute Gasteiger partial charge is 0.309 e. The number of hydrogen-bond acceptors (Lipinski definition) is 0. The molecule has 0 saturated heterocycles. The lowest BCUT2D eigenvalue weighted by Crippen LogP contribution is -1.95. The van der Waals surface area contributed by atoms with Crippen molar-refractivity contribution in [1.29, 1.82) is 0 Å². The summed E-state index contributed by atoms with van der Waals surface area (Å²) in [6, 6.07) is 193. The van der Waals surface area contributed by atoms with Gasteiger partial charge in [-0.05, 0) is 223 Å². The maximum absolute atomic E-state index is 2.42. The zero-order chi connectivity index (χ0) is 91.1. The Labute approximate surface area is 798 Å². The molecule has 0 bridgehead atoms. The van der Waals surface area contributed by atoms with Crippen LogP contribution in [0.1, 0.15) is 0 Å². The van der Waals surface area contributed by atoms with Gasteiger partial charge in [-0.1, -0.05) is 388 Å². The molecule has 0 aliphatic carbocycles. The molecule has 0 radical (unpaired) electrons. The van der Waals surface area contributed by atoms with Crippen LogP contribution in [0.25, 0.3) is 243 Å². The van der Waals surface area contributed by atoms with Gasteiger partial charge in [0, 0.05) is 98.8 Å². The molecule has 28 aromatic rings. The average molecular weight is 1760 g/mol. The zero-order valence-corrected chi connectivity index (χ0v) is 75.5. The maximum atomic E-state index is 2.42. The average Bonchev–Trinajstić information content (AvgIpc) is 1.58. The first kappa shape index (κ1) is 80.5. The lowest BCUT2D eigenvalue weighted by atomic mass is 10.00. The van der Waals surface area contributed by atoms with E-state index in [1.165, 1.54) is 226 Å². The molecule has 0 aliphatic rings. The predicted molar refractivity (Wildman–Crippen MR) is 583 cm³/mol. The fourth-order valence-electron chi connectivity index (χ4n) is 21.5. The summed E-state index contributed by atoms with van der Waals surface area (Å²) in [5, 5.41) is 15.2. The smallest absolute Gasteiger partial charge is 0.0547 e. The van der Waals surface area contributed by atoms with E-state index in [2.05, 4.69) is 561 Å². The lowest BCUT2D eigenvalue weighted by molar-refractivity contribution is 1.18. The van der Waals surface area contributed by atoms with E-state index in [1.54, 1.807) is 0 Å². The highest BCUT2D eigenvalue weighted by Crippen LogP contribution is 2.45. The van der Waals surface area contributed by atoms with Crippen molar-refractivity contribution in [2.24, 2.45) is 0 Å². The van der Waals surface area contributed by atoms with Crippen molar-refractivity contribution < 1.29 is 0 Å². The van der Waals surface area contributed by atoms with Gasteiger partial charge in [-0.25, -0.2) is 0 Å². The molecule has 6 heteroatoms. The lowest BCUT2D eigenvalue weighted by Gasteiger charge is -2.12. The third-order valence-electron chi connectivity index (χ3n) is 28.0. The molecule has 0 amide bonds. The fraction of sp³-hybridized carbons (Fsp3) is 0. The topological polar surface area (TPSA) is 29.6 Å². The first-order valence-corrected chi connectivity index (χ1v) is 47.4. The highest BCUT2D eigenvalue weighted by Gasteiger charge is 2.23. The Kier molecular flexibility index (Phi) is 19.9. The van der Waals surface area contributed by atoms with Crippen LogP contribution in [0.3, 0.4) is 0 Å². The second kappa shape index (κ2) is 34.0. The molecule has 646 valence electrons. The molecule has 0 N–H and O–H groups in total. The van der Waals surface area contributed by atoms with E-state index in [0.717, 1.165) is 17.1 Å². The Morgan fingerprint density at radius 1 is 0.0797 bits per heavy atom. The number of aromatic nitrogens is 6. The van der Waals surface area contributed by atoms with Crippen LogP contribution in [0, 0.1) is 0 Å². The van der Waals surface area contributed by atoms with Crippen LogP contribution in [0.2, 0.25) is 0 Å². The Hall–Kier alpha value is -18.4. The molecule has 6 nitrogen and oxygen atoms in total. The van der Waals surface area contributed by atoms with Crippen molar-refractivity contribution in [2.45, 2.75) is 0 Å². The third kappa shape index (κ3) is 14.0. The SMILES string of the molecule is c1ccc(-c2ccc(-c3ccc(-n4c5ccccc5c5ccc(-c6ccc7c8ccccc8n(-c8ccccc8)c7c6)cc54)cc3)cc2)cc1.c1ccc(-c2ccc(-n3c4ccccc4c4ccc(-c5ccc6c7ccccc7n(-c7ccccc7)c6c5)cc43)cc2)cc1.c1ccc(-c2cccc(-n3c4ccccc4c4ccc(-c5ccc6c7ccccc7n(-c7ccccc7)c6c5)cc43)c2)cc1. The van der Waals surface area contributed by atoms with E-state index in [-0.39, 0.29) is 0 Å². The summed E-state index contributed by atoms with van der Waals surface area (Å²) in [7, 11) is 0. The van der Waals surface area contributed by atoms with Crippen LogP contribution in [0.15, 0.2) is 534 Å². The molecule has 6 heterocycles. The van der Waals surface area contributed by atoms with Gasteiger partial charge in [0.2, 0.25) is 0 Å². The van der Waals surface area contributed by atoms with Crippen molar-refractivity contribution in [3.05, 3.63) is 534 Å². The predicted octanol–water partition coefficient (Wildman–Crippen LogP) is 35.3. The van der Waals surface area contributed by atoms with Gasteiger partial charge in [0.05, 0.1) is 66.2 Å². The van der Waals surface area contributed by atoms with Crippen LogP contribution in [-0.4, -0.2) is 27.4 Å². The summed E-state index contributed by atoms with van der Waals surface area (Å²) in [4.78, 5) is 0. The monoisotopic (exact) mass is 1760 g/mol. The summed E-state index contributed by atoms with van der Waals surface area (Å²) >= 11 is 0. The van der Waals surface area contributed by atoms with Crippen molar-refractivity contribution in [1.82, 2.24) is 27.4 Å². The molecular formula is C132H88N6. The Morgan fingerprint density at radius 3 is 0.464 bits per heavy atom. The van der Waals surface area contributed by atoms with Crippen LogP contribution in [0.5, 0.6) is 0 Å². The summed E-state index contributed by atoms with van der Waals surface area (Å²) < 4.78 is 14.4. The molecule has 0 spiro atoms. The first-order valence-electron chi connectivity index (χ1n) is 47.4. The maximum Gasteiger partial charge on any atom is 0.0547 e. The summed E-state index contributed by atoms with van der Waals surface area (Å²) in [5.74, 6) is 0. The van der Waals surface area contributed by atoms with Crippen molar-refractivity contribution >= 4 is 131 Å². The molecule has 0 fully saturated rings. The quantitative estimate of drug-likeness (QED) is 0.110. The molecule has 6 aromatic heterocycles. The molecule has 22 aromatic carbocycles. The standard InChI is InChI=1S/C48H32N2.2C42H28N2/c1-3-11-33(12-4-1)34-19-21-35(22-20-34)36-23-27-40(28-24-36)50-46-18-10-8-16-42(46)44-30-26-38(32-48(44)50)37-25-29-43-41-15-7-9-17-45(41)49(47(43)31-37)39-13-5-2-6-14-39;1-3-12-29(13-4-1)30-14-11-17-34(26-30)44-40-21-10-8-19-36(40)38-25-23-32(28-42(38)44)31-22-24-37-35-18-7-9-20-39(35)43(41(37)27-31)33-15-5-2-6-16-33;1-3-11-29(12-4-1)30-19-23-34(24-20-30)44-40-18-10-8-16-36(40)38-26-22-32(28-42(38)44)31-21-25-37-35-15-7-9-17-39(35)43(41(37)27-31)33-13-5-2-6-14-33/h1-32H;2*1-28H. The number of benzene rings is 22. The number of para-hydroxylation sites is 9.